The number of amides is 1. The molecule has 29 heavy (non-hydrogen) atoms. The summed E-state index contributed by atoms with van der Waals surface area (Å²) in [6.45, 7) is 5.84. The molecule has 1 aliphatic heterocycles. The Morgan fingerprint density at radius 3 is 2.52 bits per heavy atom. The minimum absolute atomic E-state index is 0.0395. The zero-order valence-corrected chi connectivity index (χ0v) is 16.8. The molecule has 0 spiro atoms. The van der Waals surface area contributed by atoms with Crippen LogP contribution < -0.4 is 15.8 Å². The Morgan fingerprint density at radius 2 is 1.93 bits per heavy atom. The van der Waals surface area contributed by atoms with Crippen LogP contribution in [-0.2, 0) is 4.79 Å². The van der Waals surface area contributed by atoms with Gasteiger partial charge in [0.05, 0.1) is 17.6 Å². The molecule has 1 heterocycles. The third kappa shape index (κ3) is 4.71. The van der Waals surface area contributed by atoms with Gasteiger partial charge in [0.1, 0.15) is 11.6 Å². The Kier molecular flexibility index (Phi) is 5.82. The van der Waals surface area contributed by atoms with Crippen LogP contribution in [0.5, 0.6) is 5.75 Å². The Bertz CT molecular complexity index is 949. The summed E-state index contributed by atoms with van der Waals surface area (Å²) < 4.78 is 5.65. The average Bonchev–Trinajstić information content (AvgIpc) is 3.10. The van der Waals surface area contributed by atoms with Gasteiger partial charge >= 0.3 is 0 Å². The monoisotopic (exact) mass is 390 g/mol. The molecule has 0 aliphatic carbocycles. The highest BCUT2D eigenvalue weighted by atomic mass is 16.5. The van der Waals surface area contributed by atoms with Crippen molar-refractivity contribution in [2.45, 2.75) is 38.3 Å². The van der Waals surface area contributed by atoms with Gasteiger partial charge in [-0.15, -0.1) is 0 Å². The topological polar surface area (TPSA) is 101 Å². The number of aliphatic imine (C=N–C) groups is 1. The average molecular weight is 390 g/mol. The normalized spacial score (nSPS) is 18.6. The van der Waals surface area contributed by atoms with Gasteiger partial charge in [0, 0.05) is 17.5 Å². The summed E-state index contributed by atoms with van der Waals surface area (Å²) in [5.74, 6) is -0.0563. The summed E-state index contributed by atoms with van der Waals surface area (Å²) >= 11 is 0. The van der Waals surface area contributed by atoms with E-state index >= 15 is 0 Å². The van der Waals surface area contributed by atoms with E-state index in [1.165, 1.54) is 0 Å². The molecule has 150 valence electrons. The first-order valence-corrected chi connectivity index (χ1v) is 9.53. The molecule has 2 unspecified atom stereocenters. The minimum atomic E-state index is -0.722. The summed E-state index contributed by atoms with van der Waals surface area (Å²) in [6.07, 6.45) is 5.54. The van der Waals surface area contributed by atoms with Crippen LogP contribution in [0.25, 0.3) is 0 Å². The van der Waals surface area contributed by atoms with Crippen LogP contribution in [0.1, 0.15) is 37.8 Å². The summed E-state index contributed by atoms with van der Waals surface area (Å²) in [7, 11) is 0. The lowest BCUT2D eigenvalue weighted by molar-refractivity contribution is -0.118. The fraction of sp³-hybridized carbons (Fsp3) is 0.261. The van der Waals surface area contributed by atoms with E-state index in [0.717, 1.165) is 11.3 Å². The van der Waals surface area contributed by atoms with Crippen LogP contribution >= 0.6 is 0 Å². The third-order valence-corrected chi connectivity index (χ3v) is 4.74. The number of carbonyl (C=O) groups excluding carboxylic acids is 1. The fourth-order valence-electron chi connectivity index (χ4n) is 3.40. The van der Waals surface area contributed by atoms with Gasteiger partial charge in [-0.25, -0.2) is 0 Å². The van der Waals surface area contributed by atoms with Crippen molar-refractivity contribution in [3.63, 3.8) is 0 Å². The van der Waals surface area contributed by atoms with Crippen molar-refractivity contribution in [2.75, 3.05) is 5.32 Å². The summed E-state index contributed by atoms with van der Waals surface area (Å²) in [6, 6.07) is 14.5. The van der Waals surface area contributed by atoms with Gasteiger partial charge in [-0.2, -0.15) is 0 Å². The van der Waals surface area contributed by atoms with Crippen LogP contribution in [-0.4, -0.2) is 29.6 Å². The molecule has 0 radical (unpaired) electrons. The first kappa shape index (κ1) is 20.3. The molecular formula is C23H26N4O2. The summed E-state index contributed by atoms with van der Waals surface area (Å²) in [4.78, 5) is 17.8. The maximum atomic E-state index is 13.3. The molecular weight excluding hydrogens is 364 g/mol. The molecule has 2 aromatic carbocycles. The second-order valence-electron chi connectivity index (χ2n) is 7.52. The second kappa shape index (κ2) is 8.31. The molecule has 0 bridgehead atoms. The number of amidine groups is 1. The molecule has 0 aromatic heterocycles. The number of hydrogen-bond acceptors (Lipinski definition) is 4. The summed E-state index contributed by atoms with van der Waals surface area (Å²) in [5.41, 5.74) is 6.92. The Morgan fingerprint density at radius 1 is 1.21 bits per heavy atom. The number of hydrogen-bond donors (Lipinski definition) is 3. The lowest BCUT2D eigenvalue weighted by atomic mass is 9.80. The van der Waals surface area contributed by atoms with E-state index in [-0.39, 0.29) is 17.8 Å². The van der Waals surface area contributed by atoms with E-state index in [9.17, 15) is 4.79 Å². The predicted octanol–water partition coefficient (Wildman–Crippen LogP) is 3.88. The number of nitrogens with one attached hydrogen (secondary N) is 2. The number of carbonyl (C=O) groups is 1. The number of ether oxygens (including phenoxy) is 1. The standard InChI is InChI=1S/C23H26N4O2/c1-15(2)29-19-10-8-18(9-11-19)27-22(28)20(23(3)12-5-13-26-23)16-6-4-7-17(14-16)21(24)25/h4-15,20H,1-3H3,(H3,24,25)(H,27,28). The van der Waals surface area contributed by atoms with Gasteiger partial charge in [0.25, 0.3) is 0 Å². The number of allylic oxidation sites excluding steroid dienone is 1. The van der Waals surface area contributed by atoms with Crippen LogP contribution in [0.15, 0.2) is 65.7 Å². The second-order valence-corrected chi connectivity index (χ2v) is 7.52. The maximum absolute atomic E-state index is 13.3. The highest BCUT2D eigenvalue weighted by molar-refractivity contribution is 5.99. The van der Waals surface area contributed by atoms with Gasteiger partial charge in [-0.3, -0.25) is 15.2 Å². The number of nitrogens with zero attached hydrogens (tertiary/aromatic N) is 1. The van der Waals surface area contributed by atoms with Crippen molar-refractivity contribution in [2.24, 2.45) is 10.7 Å². The van der Waals surface area contributed by atoms with E-state index in [1.54, 1.807) is 24.4 Å². The molecule has 0 fully saturated rings. The number of anilines is 1. The maximum Gasteiger partial charge on any atom is 0.234 e. The molecule has 2 atom stereocenters. The smallest absolute Gasteiger partial charge is 0.234 e. The van der Waals surface area contributed by atoms with E-state index in [0.29, 0.717) is 11.3 Å². The van der Waals surface area contributed by atoms with Gasteiger partial charge < -0.3 is 15.8 Å². The molecule has 4 N–H and O–H groups in total. The quantitative estimate of drug-likeness (QED) is 0.494. The van der Waals surface area contributed by atoms with Crippen molar-refractivity contribution >= 4 is 23.6 Å². The molecule has 1 aliphatic rings. The number of nitrogens with two attached hydrogens (primary N) is 1. The lowest BCUT2D eigenvalue weighted by Gasteiger charge is -2.30. The van der Waals surface area contributed by atoms with Crippen LogP contribution in [0.3, 0.4) is 0 Å². The molecule has 3 rings (SSSR count). The van der Waals surface area contributed by atoms with E-state index in [2.05, 4.69) is 10.3 Å². The molecule has 1 amide bonds. The molecule has 6 nitrogen and oxygen atoms in total. The predicted molar refractivity (Wildman–Crippen MR) is 117 cm³/mol. The fourth-order valence-corrected chi connectivity index (χ4v) is 3.40. The minimum Gasteiger partial charge on any atom is -0.491 e. The van der Waals surface area contributed by atoms with Crippen molar-refractivity contribution < 1.29 is 9.53 Å². The molecule has 0 saturated heterocycles. The Hall–Kier alpha value is -3.41. The first-order valence-electron chi connectivity index (χ1n) is 9.53. The van der Waals surface area contributed by atoms with Gasteiger partial charge in [0.15, 0.2) is 0 Å². The third-order valence-electron chi connectivity index (χ3n) is 4.74. The zero-order valence-electron chi connectivity index (χ0n) is 16.8. The highest BCUT2D eigenvalue weighted by Crippen LogP contribution is 2.36. The lowest BCUT2D eigenvalue weighted by Crippen LogP contribution is -2.37. The van der Waals surface area contributed by atoms with Gasteiger partial charge in [-0.05, 0) is 62.7 Å². The molecule has 6 heteroatoms. The van der Waals surface area contributed by atoms with E-state index in [1.807, 2.05) is 63.3 Å². The summed E-state index contributed by atoms with van der Waals surface area (Å²) in [5, 5.41) is 10.7. The van der Waals surface area contributed by atoms with E-state index < -0.39 is 11.5 Å². The number of nitrogen functional groups attached to an aromatic ring is 1. The number of benzene rings is 2. The SMILES string of the molecule is CC(C)Oc1ccc(NC(=O)C(c2cccc(C(=N)N)c2)C2(C)C=CC=N2)cc1. The zero-order chi connectivity index (χ0) is 21.0. The van der Waals surface area contributed by atoms with Crippen molar-refractivity contribution in [1.82, 2.24) is 0 Å². The largest absolute Gasteiger partial charge is 0.491 e. The van der Waals surface area contributed by atoms with Gasteiger partial charge in [-0.1, -0.05) is 24.3 Å². The first-order chi connectivity index (χ1) is 13.8. The van der Waals surface area contributed by atoms with Crippen molar-refractivity contribution in [3.8, 4) is 5.75 Å². The van der Waals surface area contributed by atoms with Gasteiger partial charge in [0.2, 0.25) is 5.91 Å². The van der Waals surface area contributed by atoms with Crippen LogP contribution in [0.4, 0.5) is 5.69 Å². The van der Waals surface area contributed by atoms with Crippen LogP contribution in [0, 0.1) is 5.41 Å². The van der Waals surface area contributed by atoms with Crippen molar-refractivity contribution in [3.05, 3.63) is 71.8 Å². The highest BCUT2D eigenvalue weighted by Gasteiger charge is 2.39. The number of rotatable bonds is 7. The Balaban J connectivity index is 1.89. The Labute approximate surface area is 171 Å². The molecule has 0 saturated carbocycles. The van der Waals surface area contributed by atoms with E-state index in [4.69, 9.17) is 15.9 Å². The van der Waals surface area contributed by atoms with Crippen molar-refractivity contribution in [1.29, 1.82) is 5.41 Å². The molecule has 2 aromatic rings. The van der Waals surface area contributed by atoms with Crippen LogP contribution in [0.2, 0.25) is 0 Å².